The first-order valence-electron chi connectivity index (χ1n) is 14.6. The Labute approximate surface area is 255 Å². The lowest BCUT2D eigenvalue weighted by molar-refractivity contribution is -0.152. The van der Waals surface area contributed by atoms with Gasteiger partial charge in [-0.1, -0.05) is 0 Å². The number of alkyl halides is 2. The molecule has 0 aliphatic heterocycles. The molecule has 10 nitrogen and oxygen atoms in total. The summed E-state index contributed by atoms with van der Waals surface area (Å²) in [6.45, 7) is 6.93. The fourth-order valence-corrected chi connectivity index (χ4v) is 5.22. The van der Waals surface area contributed by atoms with Gasteiger partial charge in [0.05, 0.1) is 23.4 Å². The monoisotopic (exact) mass is 612 g/mol. The predicted molar refractivity (Wildman–Crippen MR) is 158 cm³/mol. The van der Waals surface area contributed by atoms with Crippen LogP contribution in [0.1, 0.15) is 69.7 Å². The molecule has 3 aromatic rings. The van der Waals surface area contributed by atoms with Gasteiger partial charge in [0.15, 0.2) is 0 Å². The normalized spacial score (nSPS) is 18.0. The van der Waals surface area contributed by atoms with Gasteiger partial charge in [-0.2, -0.15) is 0 Å². The third-order valence-electron chi connectivity index (χ3n) is 7.57. The molecule has 3 aromatic heterocycles. The molecular weight excluding hydrogens is 574 g/mol. The van der Waals surface area contributed by atoms with Crippen LogP contribution in [-0.4, -0.2) is 51.5 Å². The first kappa shape index (κ1) is 32.7. The number of anilines is 2. The highest BCUT2D eigenvalue weighted by Crippen LogP contribution is 2.41. The molecule has 1 saturated carbocycles. The zero-order chi connectivity index (χ0) is 31.9. The summed E-state index contributed by atoms with van der Waals surface area (Å²) in [5.41, 5.74) is 1.40. The molecule has 0 aromatic carbocycles. The smallest absolute Gasteiger partial charge is 0.462 e. The summed E-state index contributed by atoms with van der Waals surface area (Å²) in [5.74, 6) is -0.0291. The number of halogens is 2. The number of nitrogens with one attached hydrogen (secondary N) is 1. The van der Waals surface area contributed by atoms with Crippen LogP contribution in [0.25, 0.3) is 11.3 Å². The maximum absolute atomic E-state index is 13.1. The van der Waals surface area contributed by atoms with Crippen molar-refractivity contribution >= 4 is 23.8 Å². The summed E-state index contributed by atoms with van der Waals surface area (Å²) in [4.78, 5) is 37.2. The Bertz CT molecular complexity index is 1430. The van der Waals surface area contributed by atoms with Gasteiger partial charge in [0.1, 0.15) is 30.5 Å². The van der Waals surface area contributed by atoms with Crippen LogP contribution in [0.5, 0.6) is 0 Å². The predicted octanol–water partition coefficient (Wildman–Crippen LogP) is 6.65. The molecule has 1 unspecified atom stereocenters. The van der Waals surface area contributed by atoms with Gasteiger partial charge >= 0.3 is 12.1 Å². The van der Waals surface area contributed by atoms with E-state index >= 15 is 0 Å². The van der Waals surface area contributed by atoms with Crippen molar-refractivity contribution in [3.63, 3.8) is 0 Å². The Morgan fingerprint density at radius 2 is 1.75 bits per heavy atom. The van der Waals surface area contributed by atoms with Crippen LogP contribution in [0.4, 0.5) is 25.2 Å². The molecule has 3 heterocycles. The van der Waals surface area contributed by atoms with Crippen molar-refractivity contribution in [1.82, 2.24) is 15.0 Å². The van der Waals surface area contributed by atoms with E-state index in [1.165, 1.54) is 18.3 Å². The number of pyridine rings is 3. The van der Waals surface area contributed by atoms with Crippen LogP contribution < -0.4 is 5.32 Å². The Hall–Kier alpha value is -4.19. The number of carbonyl (C=O) groups is 2. The van der Waals surface area contributed by atoms with E-state index in [2.05, 4.69) is 20.3 Å². The molecule has 4 rings (SSSR count). The van der Waals surface area contributed by atoms with Crippen LogP contribution in [0, 0.1) is 18.8 Å². The molecule has 0 bridgehead atoms. The quantitative estimate of drug-likeness (QED) is 0.179. The second kappa shape index (κ2) is 14.5. The summed E-state index contributed by atoms with van der Waals surface area (Å²) in [6.07, 6.45) is 1.62. The number of hydrogen-bond donors (Lipinski definition) is 2. The van der Waals surface area contributed by atoms with Crippen molar-refractivity contribution in [2.75, 3.05) is 18.5 Å². The number of hydrogen-bond acceptors (Lipinski definition) is 10. The van der Waals surface area contributed by atoms with Crippen LogP contribution in [0.2, 0.25) is 0 Å². The first-order chi connectivity index (χ1) is 20.9. The largest absolute Gasteiger partial charge is 0.508 e. The van der Waals surface area contributed by atoms with Gasteiger partial charge in [-0.05, 0) is 101 Å². The van der Waals surface area contributed by atoms with Gasteiger partial charge in [0, 0.05) is 23.5 Å². The van der Waals surface area contributed by atoms with Crippen LogP contribution in [-0.2, 0) is 24.6 Å². The number of nitrogens with zero attached hydrogens (tertiary/aromatic N) is 3. The summed E-state index contributed by atoms with van der Waals surface area (Å²) >= 11 is 0. The molecule has 0 spiro atoms. The van der Waals surface area contributed by atoms with E-state index in [9.17, 15) is 23.5 Å². The number of esters is 1. The van der Waals surface area contributed by atoms with Gasteiger partial charge in [-0.3, -0.25) is 9.78 Å². The van der Waals surface area contributed by atoms with E-state index in [-0.39, 0.29) is 48.5 Å². The van der Waals surface area contributed by atoms with Gasteiger partial charge in [-0.15, -0.1) is 0 Å². The molecule has 0 radical (unpaired) electrons. The average Bonchev–Trinajstić information content (AvgIpc) is 2.99. The zero-order valence-electron chi connectivity index (χ0n) is 25.3. The Kier molecular flexibility index (Phi) is 10.8. The molecule has 44 heavy (non-hydrogen) atoms. The lowest BCUT2D eigenvalue weighted by Gasteiger charge is -2.37. The number of aryl methyl sites for hydroxylation is 1. The zero-order valence-corrected chi connectivity index (χ0v) is 25.3. The number of carbonyl (C=O) groups excluding carboxylic acids is 2. The summed E-state index contributed by atoms with van der Waals surface area (Å²) < 4.78 is 41.2. The van der Waals surface area contributed by atoms with Crippen molar-refractivity contribution < 1.29 is 37.7 Å². The van der Waals surface area contributed by atoms with Gasteiger partial charge < -0.3 is 24.6 Å². The molecule has 0 saturated heterocycles. The lowest BCUT2D eigenvalue weighted by atomic mass is 9.73. The SMILES string of the molecule is Cc1cc(Nc2cc(C(F)F)ccn2)nc(-c2ccc(C(C)(O)[C@H]3CC[C@H](C(=O)OCCOC(=O)OC(C)C)CC3)nc2)c1. The Morgan fingerprint density at radius 3 is 2.41 bits per heavy atom. The Balaban J connectivity index is 1.33. The summed E-state index contributed by atoms with van der Waals surface area (Å²) in [6, 6.07) is 9.82. The molecule has 12 heteroatoms. The highest BCUT2D eigenvalue weighted by atomic mass is 19.3. The topological polar surface area (TPSA) is 133 Å². The summed E-state index contributed by atoms with van der Waals surface area (Å²) in [7, 11) is 0. The van der Waals surface area contributed by atoms with Crippen molar-refractivity contribution in [2.24, 2.45) is 11.8 Å². The standard InChI is InChI=1S/C32H38F2N4O6/c1-19(2)44-31(40)43-14-13-42-30(39)21-5-8-24(9-6-21)32(4,41)26-10-7-23(18-36-26)25-15-20(3)16-28(37-25)38-27-17-22(29(33)34)11-12-35-27/h7,10-12,15-19,21,24,29,41H,5-6,8-9,13-14H2,1-4H3,(H,35,37,38)/t21-,24-,32?. The fraction of sp³-hybridized carbons (Fsp3) is 0.469. The van der Waals surface area contributed by atoms with E-state index in [1.807, 2.05) is 19.1 Å². The lowest BCUT2D eigenvalue weighted by Crippen LogP contribution is -2.37. The van der Waals surface area contributed by atoms with E-state index in [0.29, 0.717) is 42.9 Å². The van der Waals surface area contributed by atoms with Gasteiger partial charge in [0.25, 0.3) is 6.43 Å². The number of aliphatic hydroxyl groups is 1. The number of rotatable bonds is 11. The summed E-state index contributed by atoms with van der Waals surface area (Å²) in [5, 5.41) is 14.5. The van der Waals surface area contributed by atoms with Crippen molar-refractivity contribution in [3.8, 4) is 11.3 Å². The van der Waals surface area contributed by atoms with Crippen molar-refractivity contribution in [2.45, 2.75) is 71.5 Å². The minimum atomic E-state index is -2.60. The second-order valence-corrected chi connectivity index (χ2v) is 11.4. The molecule has 1 fully saturated rings. The number of aromatic nitrogens is 3. The highest BCUT2D eigenvalue weighted by molar-refractivity contribution is 5.72. The average molecular weight is 613 g/mol. The highest BCUT2D eigenvalue weighted by Gasteiger charge is 2.39. The van der Waals surface area contributed by atoms with Crippen molar-refractivity contribution in [3.05, 3.63) is 65.6 Å². The molecule has 236 valence electrons. The molecule has 2 N–H and O–H groups in total. The first-order valence-corrected chi connectivity index (χ1v) is 14.6. The maximum atomic E-state index is 13.1. The van der Waals surface area contributed by atoms with Gasteiger partial charge in [-0.25, -0.2) is 23.5 Å². The number of ether oxygens (including phenoxy) is 3. The second-order valence-electron chi connectivity index (χ2n) is 11.4. The molecule has 0 amide bonds. The van der Waals surface area contributed by atoms with E-state index in [4.69, 9.17) is 14.2 Å². The van der Waals surface area contributed by atoms with Crippen LogP contribution in [0.3, 0.4) is 0 Å². The molecule has 1 aliphatic carbocycles. The molecular formula is C32H38F2N4O6. The van der Waals surface area contributed by atoms with Crippen LogP contribution >= 0.6 is 0 Å². The van der Waals surface area contributed by atoms with Crippen LogP contribution in [0.15, 0.2) is 48.8 Å². The van der Waals surface area contributed by atoms with E-state index in [1.54, 1.807) is 39.1 Å². The fourth-order valence-electron chi connectivity index (χ4n) is 5.22. The minimum absolute atomic E-state index is 0.0456. The van der Waals surface area contributed by atoms with E-state index in [0.717, 1.165) is 11.1 Å². The maximum Gasteiger partial charge on any atom is 0.508 e. The third kappa shape index (κ3) is 8.68. The molecule has 1 atom stereocenters. The third-order valence-corrected chi connectivity index (χ3v) is 7.57. The Morgan fingerprint density at radius 1 is 1.02 bits per heavy atom. The van der Waals surface area contributed by atoms with E-state index < -0.39 is 18.2 Å². The van der Waals surface area contributed by atoms with Crippen molar-refractivity contribution in [1.29, 1.82) is 0 Å². The van der Waals surface area contributed by atoms with Gasteiger partial charge in [0.2, 0.25) is 0 Å². The minimum Gasteiger partial charge on any atom is -0.462 e. The molecule has 1 aliphatic rings.